The van der Waals surface area contributed by atoms with Crippen molar-refractivity contribution in [1.82, 2.24) is 10.2 Å². The standard InChI is InChI=1S/C38H51N5O9/c1-21(24(4)45)14-31(46)30-18-25-6-8-33(51-12-10-39)28(17-25)29-19-26(7-9-34(29)52-13-11-40)36(32(47)15-22(2)37(49)42-30)43(5)38(50)27(16-23(3)44)20-35(41)48/h6-9,17,19,21-22,27,30,36H,10-16,18,20,39-40H2,1-5H3,(H2,41,48)(H,42,49)/t21-,22-,27+,30+,36+/m1/s1. The number of nitrogens with one attached hydrogen (secondary N) is 1. The third-order valence-corrected chi connectivity index (χ3v) is 9.08. The Morgan fingerprint density at radius 1 is 0.885 bits per heavy atom. The molecule has 0 saturated heterocycles. The number of amides is 3. The van der Waals surface area contributed by atoms with E-state index in [4.69, 9.17) is 26.7 Å². The number of rotatable bonds is 16. The molecule has 1 aliphatic heterocycles. The first kappa shape index (κ1) is 41.5. The number of fused-ring (bicyclic) bond motifs is 5. The predicted molar refractivity (Wildman–Crippen MR) is 193 cm³/mol. The second-order valence-corrected chi connectivity index (χ2v) is 13.5. The van der Waals surface area contributed by atoms with Gasteiger partial charge in [-0.15, -0.1) is 0 Å². The summed E-state index contributed by atoms with van der Waals surface area (Å²) in [5.41, 5.74) is 19.0. The average Bonchev–Trinajstić information content (AvgIpc) is 3.08. The van der Waals surface area contributed by atoms with Crippen LogP contribution in [0.3, 0.4) is 0 Å². The van der Waals surface area contributed by atoms with Gasteiger partial charge in [0, 0.05) is 68.8 Å². The molecule has 4 bridgehead atoms. The van der Waals surface area contributed by atoms with E-state index in [1.165, 1.54) is 25.8 Å². The van der Waals surface area contributed by atoms with Gasteiger partial charge in [-0.3, -0.25) is 28.8 Å². The number of carbonyl (C=O) groups is 7. The van der Waals surface area contributed by atoms with Crippen molar-refractivity contribution in [2.45, 2.75) is 71.9 Å². The van der Waals surface area contributed by atoms with E-state index in [2.05, 4.69) is 5.32 Å². The fraction of sp³-hybridized carbons (Fsp3) is 0.500. The van der Waals surface area contributed by atoms with Gasteiger partial charge in [0.25, 0.3) is 0 Å². The van der Waals surface area contributed by atoms with E-state index in [0.29, 0.717) is 33.8 Å². The van der Waals surface area contributed by atoms with E-state index in [0.717, 1.165) is 0 Å². The number of hydrogen-bond acceptors (Lipinski definition) is 11. The third kappa shape index (κ3) is 11.0. The first-order valence-corrected chi connectivity index (χ1v) is 17.4. The van der Waals surface area contributed by atoms with E-state index in [1.807, 2.05) is 0 Å². The fourth-order valence-corrected chi connectivity index (χ4v) is 6.20. The van der Waals surface area contributed by atoms with Crippen LogP contribution in [-0.2, 0) is 40.0 Å². The fourth-order valence-electron chi connectivity index (χ4n) is 6.20. The van der Waals surface area contributed by atoms with E-state index in [-0.39, 0.29) is 69.3 Å². The van der Waals surface area contributed by atoms with Crippen LogP contribution in [0.2, 0.25) is 0 Å². The zero-order valence-corrected chi connectivity index (χ0v) is 30.6. The number of benzene rings is 2. The minimum Gasteiger partial charge on any atom is -0.492 e. The van der Waals surface area contributed by atoms with Crippen molar-refractivity contribution in [1.29, 1.82) is 0 Å². The maximum atomic E-state index is 14.3. The Labute approximate surface area is 304 Å². The molecule has 0 radical (unpaired) electrons. The number of nitrogens with two attached hydrogens (primary N) is 3. The maximum Gasteiger partial charge on any atom is 0.227 e. The number of nitrogens with zero attached hydrogens (tertiary/aromatic N) is 1. The first-order valence-electron chi connectivity index (χ1n) is 17.4. The summed E-state index contributed by atoms with van der Waals surface area (Å²) in [6, 6.07) is 7.92. The molecule has 2 aromatic rings. The van der Waals surface area contributed by atoms with Crippen molar-refractivity contribution in [3.8, 4) is 22.6 Å². The number of hydrogen-bond donors (Lipinski definition) is 4. The molecule has 0 aromatic heterocycles. The van der Waals surface area contributed by atoms with Crippen molar-refractivity contribution in [3.63, 3.8) is 0 Å². The smallest absolute Gasteiger partial charge is 0.227 e. The molecule has 0 saturated carbocycles. The van der Waals surface area contributed by atoms with Crippen molar-refractivity contribution < 1.29 is 43.0 Å². The predicted octanol–water partition coefficient (Wildman–Crippen LogP) is 1.82. The van der Waals surface area contributed by atoms with Gasteiger partial charge in [0.2, 0.25) is 17.7 Å². The Morgan fingerprint density at radius 3 is 2.04 bits per heavy atom. The monoisotopic (exact) mass is 721 g/mol. The van der Waals surface area contributed by atoms with E-state index >= 15 is 0 Å². The second-order valence-electron chi connectivity index (χ2n) is 13.5. The molecule has 14 nitrogen and oxygen atoms in total. The molecule has 52 heavy (non-hydrogen) atoms. The minimum absolute atomic E-state index is 0.0793. The molecule has 3 amide bonds. The summed E-state index contributed by atoms with van der Waals surface area (Å²) < 4.78 is 12.1. The van der Waals surface area contributed by atoms with Gasteiger partial charge >= 0.3 is 0 Å². The van der Waals surface area contributed by atoms with Gasteiger partial charge in [0.05, 0.1) is 12.0 Å². The van der Waals surface area contributed by atoms with E-state index in [1.54, 1.807) is 50.2 Å². The van der Waals surface area contributed by atoms with Crippen molar-refractivity contribution in [2.75, 3.05) is 33.4 Å². The van der Waals surface area contributed by atoms with E-state index in [9.17, 15) is 33.6 Å². The molecule has 282 valence electrons. The Bertz CT molecular complexity index is 1660. The van der Waals surface area contributed by atoms with Gasteiger partial charge in [-0.25, -0.2) is 0 Å². The molecule has 14 heteroatoms. The molecular weight excluding hydrogens is 670 g/mol. The number of ether oxygens (including phenoxy) is 2. The summed E-state index contributed by atoms with van der Waals surface area (Å²) >= 11 is 0. The van der Waals surface area contributed by atoms with Crippen molar-refractivity contribution in [3.05, 3.63) is 47.5 Å². The largest absolute Gasteiger partial charge is 0.492 e. The number of ketones is 4. The summed E-state index contributed by atoms with van der Waals surface area (Å²) in [4.78, 5) is 92.8. The van der Waals surface area contributed by atoms with Gasteiger partial charge in [-0.2, -0.15) is 0 Å². The summed E-state index contributed by atoms with van der Waals surface area (Å²) in [5, 5.41) is 2.81. The molecule has 3 rings (SSSR count). The van der Waals surface area contributed by atoms with Crippen LogP contribution in [-0.4, -0.2) is 85.1 Å². The molecule has 0 unspecified atom stereocenters. The summed E-state index contributed by atoms with van der Waals surface area (Å²) in [6.45, 7) is 6.61. The highest BCUT2D eigenvalue weighted by atomic mass is 16.5. The van der Waals surface area contributed by atoms with Crippen LogP contribution in [0, 0.1) is 17.8 Å². The Balaban J connectivity index is 2.32. The van der Waals surface area contributed by atoms with Crippen molar-refractivity contribution >= 4 is 40.9 Å². The summed E-state index contributed by atoms with van der Waals surface area (Å²) in [5.74, 6) is -5.20. The highest BCUT2D eigenvalue weighted by Crippen LogP contribution is 2.41. The highest BCUT2D eigenvalue weighted by Gasteiger charge is 2.36. The summed E-state index contributed by atoms with van der Waals surface area (Å²) in [7, 11) is 1.40. The Morgan fingerprint density at radius 2 is 1.48 bits per heavy atom. The highest BCUT2D eigenvalue weighted by molar-refractivity contribution is 5.97. The Kier molecular flexibility index (Phi) is 15.2. The molecule has 1 heterocycles. The average molecular weight is 722 g/mol. The van der Waals surface area contributed by atoms with Gasteiger partial charge in [0.1, 0.15) is 42.3 Å². The lowest BCUT2D eigenvalue weighted by Crippen LogP contribution is -2.46. The van der Waals surface area contributed by atoms with Crippen molar-refractivity contribution in [2.24, 2.45) is 35.0 Å². The lowest BCUT2D eigenvalue weighted by molar-refractivity contribution is -0.144. The summed E-state index contributed by atoms with van der Waals surface area (Å²) in [6.07, 6.45) is -1.03. The molecule has 0 aliphatic carbocycles. The molecule has 0 spiro atoms. The molecular formula is C38H51N5O9. The molecule has 0 fully saturated rings. The molecule has 7 N–H and O–H groups in total. The van der Waals surface area contributed by atoms with Crippen LogP contribution in [0.15, 0.2) is 36.4 Å². The number of carbonyl (C=O) groups excluding carboxylic acids is 7. The quantitative estimate of drug-likeness (QED) is 0.195. The van der Waals surface area contributed by atoms with Gasteiger partial charge in [-0.1, -0.05) is 26.0 Å². The maximum absolute atomic E-state index is 14.3. The van der Waals surface area contributed by atoms with Crippen LogP contribution < -0.4 is 32.0 Å². The molecule has 1 aliphatic rings. The van der Waals surface area contributed by atoms with Crippen LogP contribution in [0.1, 0.15) is 70.5 Å². The van der Waals surface area contributed by atoms with Crippen LogP contribution in [0.5, 0.6) is 11.5 Å². The minimum atomic E-state index is -1.28. The van der Waals surface area contributed by atoms with E-state index < -0.39 is 59.8 Å². The van der Waals surface area contributed by atoms with Gasteiger partial charge in [0.15, 0.2) is 11.6 Å². The lowest BCUT2D eigenvalue weighted by Gasteiger charge is -2.32. The zero-order valence-electron chi connectivity index (χ0n) is 30.6. The number of primary amides is 1. The SMILES string of the molecule is CC(=O)C[C@@H](CC(N)=O)C(=O)N(C)[C@@H]1C(=O)C[C@@H](C)C(=O)N[C@H](C(=O)C[C@@H](C)C(C)=O)Cc2ccc(OCCN)c(c2)-c2cc1ccc2OCCN. The van der Waals surface area contributed by atoms with Gasteiger partial charge < -0.3 is 41.7 Å². The number of likely N-dealkylation sites (N-methyl/N-ethyl adjacent to an activating group) is 1. The zero-order chi connectivity index (χ0) is 38.7. The Hall–Kier alpha value is -4.95. The van der Waals surface area contributed by atoms with Crippen LogP contribution >= 0.6 is 0 Å². The van der Waals surface area contributed by atoms with Crippen LogP contribution in [0.4, 0.5) is 0 Å². The second kappa shape index (κ2) is 19.0. The molecule has 2 aromatic carbocycles. The normalized spacial score (nSPS) is 18.6. The first-order chi connectivity index (χ1) is 24.6. The van der Waals surface area contributed by atoms with Gasteiger partial charge in [-0.05, 0) is 55.7 Å². The third-order valence-electron chi connectivity index (χ3n) is 9.08. The molecule has 5 atom stereocenters. The lowest BCUT2D eigenvalue weighted by atomic mass is 9.88. The number of Topliss-reactive ketones (excluding diaryl/α,β-unsaturated/α-hetero) is 4. The topological polar surface area (TPSA) is 231 Å². The van der Waals surface area contributed by atoms with Crippen LogP contribution in [0.25, 0.3) is 11.1 Å².